The second kappa shape index (κ2) is 6.30. The van der Waals surface area contributed by atoms with Gasteiger partial charge in [-0.3, -0.25) is 9.59 Å². The van der Waals surface area contributed by atoms with Gasteiger partial charge in [-0.25, -0.2) is 4.79 Å². The first-order valence-corrected chi connectivity index (χ1v) is 7.06. The molecule has 2 aliphatic rings. The van der Waals surface area contributed by atoms with Crippen LogP contribution in [-0.4, -0.2) is 54.9 Å². The second-order valence-electron chi connectivity index (χ2n) is 5.78. The number of urea groups is 1. The number of ether oxygens (including phenoxy) is 1. The molecule has 0 aromatic rings. The number of carboxylic acid groups (broad SMARTS) is 1. The first-order chi connectivity index (χ1) is 9.91. The van der Waals surface area contributed by atoms with Crippen LogP contribution < -0.4 is 16.0 Å². The fraction of sp³-hybridized carbons (Fsp3) is 0.769. The van der Waals surface area contributed by atoms with Gasteiger partial charge in [-0.2, -0.15) is 0 Å². The summed E-state index contributed by atoms with van der Waals surface area (Å²) in [7, 11) is 0. The van der Waals surface area contributed by atoms with Crippen molar-refractivity contribution in [2.24, 2.45) is 5.41 Å². The monoisotopic (exact) mass is 299 g/mol. The molecule has 4 N–H and O–H groups in total. The van der Waals surface area contributed by atoms with Gasteiger partial charge in [-0.05, 0) is 19.8 Å². The quantitative estimate of drug-likeness (QED) is 0.525. The maximum atomic E-state index is 11.7. The summed E-state index contributed by atoms with van der Waals surface area (Å²) in [4.78, 5) is 34.4. The molecule has 0 radical (unpaired) electrons. The Hall–Kier alpha value is -1.83. The summed E-state index contributed by atoms with van der Waals surface area (Å²) in [6.07, 6.45) is 2.26. The minimum absolute atomic E-state index is 0.0665. The van der Waals surface area contributed by atoms with E-state index in [1.807, 2.05) is 0 Å². The molecule has 2 fully saturated rings. The van der Waals surface area contributed by atoms with E-state index in [2.05, 4.69) is 16.0 Å². The lowest BCUT2D eigenvalue weighted by molar-refractivity contribution is -0.148. The molecular formula is C13H21N3O5. The van der Waals surface area contributed by atoms with E-state index >= 15 is 0 Å². The van der Waals surface area contributed by atoms with Gasteiger partial charge in [0.15, 0.2) is 0 Å². The Morgan fingerprint density at radius 1 is 1.29 bits per heavy atom. The maximum Gasteiger partial charge on any atom is 0.315 e. The van der Waals surface area contributed by atoms with Crippen LogP contribution in [0.25, 0.3) is 0 Å². The Bertz CT molecular complexity index is 438. The molecule has 2 atom stereocenters. The maximum absolute atomic E-state index is 11.7. The van der Waals surface area contributed by atoms with Crippen LogP contribution in [0.15, 0.2) is 0 Å². The predicted molar refractivity (Wildman–Crippen MR) is 72.7 cm³/mol. The minimum atomic E-state index is -1.12. The fourth-order valence-electron chi connectivity index (χ4n) is 2.11. The summed E-state index contributed by atoms with van der Waals surface area (Å²) in [5, 5.41) is 17.2. The van der Waals surface area contributed by atoms with Crippen molar-refractivity contribution in [1.29, 1.82) is 0 Å². The minimum Gasteiger partial charge on any atom is -0.481 e. The molecule has 118 valence electrons. The van der Waals surface area contributed by atoms with Gasteiger partial charge in [-0.1, -0.05) is 0 Å². The first kappa shape index (κ1) is 15.6. The molecule has 2 rings (SSSR count). The summed E-state index contributed by atoms with van der Waals surface area (Å²) in [6.45, 7) is 1.98. The van der Waals surface area contributed by atoms with Gasteiger partial charge in [0.1, 0.15) is 5.41 Å². The summed E-state index contributed by atoms with van der Waals surface area (Å²) in [6, 6.07) is -0.772. The molecule has 1 aliphatic carbocycles. The number of carbonyl (C=O) groups is 3. The molecule has 1 heterocycles. The zero-order valence-electron chi connectivity index (χ0n) is 12.0. The van der Waals surface area contributed by atoms with Crippen LogP contribution in [0, 0.1) is 5.41 Å². The Kier molecular flexibility index (Phi) is 4.66. The number of rotatable bonds is 6. The highest BCUT2D eigenvalue weighted by Crippen LogP contribution is 2.28. The number of aliphatic carboxylic acids is 1. The SMILES string of the molecule is CC1(C(=O)O)COCC1NC(=O)NCCC(=O)NC1CC1. The van der Waals surface area contributed by atoms with Gasteiger partial charge < -0.3 is 25.8 Å². The zero-order chi connectivity index (χ0) is 15.5. The molecule has 0 aromatic carbocycles. The molecule has 8 nitrogen and oxygen atoms in total. The third-order valence-corrected chi connectivity index (χ3v) is 3.83. The number of hydrogen-bond acceptors (Lipinski definition) is 4. The van der Waals surface area contributed by atoms with E-state index in [0.717, 1.165) is 12.8 Å². The lowest BCUT2D eigenvalue weighted by atomic mass is 9.85. The average Bonchev–Trinajstić information content (AvgIpc) is 3.13. The Balaban J connectivity index is 1.69. The smallest absolute Gasteiger partial charge is 0.315 e. The molecule has 2 unspecified atom stereocenters. The highest BCUT2D eigenvalue weighted by molar-refractivity contribution is 5.80. The van der Waals surface area contributed by atoms with Crippen LogP contribution in [0.4, 0.5) is 4.79 Å². The van der Waals surface area contributed by atoms with Crippen molar-refractivity contribution in [3.8, 4) is 0 Å². The first-order valence-electron chi connectivity index (χ1n) is 7.06. The highest BCUT2D eigenvalue weighted by Gasteiger charge is 2.47. The molecule has 0 bridgehead atoms. The number of carbonyl (C=O) groups excluding carboxylic acids is 2. The molecule has 3 amide bonds. The van der Waals surface area contributed by atoms with Gasteiger partial charge in [0.2, 0.25) is 5.91 Å². The van der Waals surface area contributed by atoms with E-state index in [-0.39, 0.29) is 32.1 Å². The standard InChI is InChI=1S/C13H21N3O5/c1-13(11(18)19)7-21-6-9(13)16-12(20)14-5-4-10(17)15-8-2-3-8/h8-9H,2-7H2,1H3,(H,15,17)(H,18,19)(H2,14,16,20). The van der Waals surface area contributed by atoms with Crippen molar-refractivity contribution in [3.63, 3.8) is 0 Å². The van der Waals surface area contributed by atoms with Gasteiger partial charge >= 0.3 is 12.0 Å². The van der Waals surface area contributed by atoms with Crippen LogP contribution in [-0.2, 0) is 14.3 Å². The van der Waals surface area contributed by atoms with Crippen molar-refractivity contribution >= 4 is 17.9 Å². The van der Waals surface area contributed by atoms with E-state index in [4.69, 9.17) is 4.74 Å². The van der Waals surface area contributed by atoms with Gasteiger partial charge in [0, 0.05) is 19.0 Å². The van der Waals surface area contributed by atoms with Crippen LogP contribution in [0.5, 0.6) is 0 Å². The fourth-order valence-corrected chi connectivity index (χ4v) is 2.11. The molecule has 1 saturated heterocycles. The number of carboxylic acids is 1. The lowest BCUT2D eigenvalue weighted by Crippen LogP contribution is -2.52. The van der Waals surface area contributed by atoms with Crippen LogP contribution in [0.1, 0.15) is 26.2 Å². The van der Waals surface area contributed by atoms with Crippen molar-refractivity contribution < 1.29 is 24.2 Å². The van der Waals surface area contributed by atoms with E-state index in [0.29, 0.717) is 6.04 Å². The van der Waals surface area contributed by atoms with Gasteiger partial charge in [0.05, 0.1) is 19.3 Å². The summed E-state index contributed by atoms with van der Waals surface area (Å²) >= 11 is 0. The van der Waals surface area contributed by atoms with Crippen molar-refractivity contribution in [3.05, 3.63) is 0 Å². The Morgan fingerprint density at radius 2 is 2.00 bits per heavy atom. The highest BCUT2D eigenvalue weighted by atomic mass is 16.5. The zero-order valence-corrected chi connectivity index (χ0v) is 12.0. The van der Waals surface area contributed by atoms with E-state index in [9.17, 15) is 19.5 Å². The molecule has 1 saturated carbocycles. The molecule has 21 heavy (non-hydrogen) atoms. The summed E-state index contributed by atoms with van der Waals surface area (Å²) < 4.78 is 5.14. The van der Waals surface area contributed by atoms with Gasteiger partial charge in [-0.15, -0.1) is 0 Å². The number of hydrogen-bond donors (Lipinski definition) is 4. The topological polar surface area (TPSA) is 117 Å². The number of amides is 3. The largest absolute Gasteiger partial charge is 0.481 e. The molecule has 8 heteroatoms. The molecule has 0 aromatic heterocycles. The summed E-state index contributed by atoms with van der Waals surface area (Å²) in [5.41, 5.74) is -1.12. The van der Waals surface area contributed by atoms with Crippen molar-refractivity contribution in [2.45, 2.75) is 38.3 Å². The Labute approximate surface area is 122 Å². The van der Waals surface area contributed by atoms with E-state index in [1.165, 1.54) is 6.92 Å². The second-order valence-corrected chi connectivity index (χ2v) is 5.78. The normalized spacial score (nSPS) is 28.0. The van der Waals surface area contributed by atoms with Crippen LogP contribution >= 0.6 is 0 Å². The average molecular weight is 299 g/mol. The van der Waals surface area contributed by atoms with E-state index in [1.54, 1.807) is 0 Å². The van der Waals surface area contributed by atoms with Crippen LogP contribution in [0.2, 0.25) is 0 Å². The van der Waals surface area contributed by atoms with Gasteiger partial charge in [0.25, 0.3) is 0 Å². The third kappa shape index (κ3) is 4.07. The number of nitrogens with one attached hydrogen (secondary N) is 3. The Morgan fingerprint density at radius 3 is 2.62 bits per heavy atom. The molecular weight excluding hydrogens is 278 g/mol. The van der Waals surface area contributed by atoms with Crippen molar-refractivity contribution in [1.82, 2.24) is 16.0 Å². The predicted octanol–water partition coefficient (Wildman–Crippen LogP) is -0.556. The van der Waals surface area contributed by atoms with E-state index < -0.39 is 23.5 Å². The third-order valence-electron chi connectivity index (χ3n) is 3.83. The van der Waals surface area contributed by atoms with Crippen LogP contribution in [0.3, 0.4) is 0 Å². The summed E-state index contributed by atoms with van der Waals surface area (Å²) in [5.74, 6) is -1.09. The molecule has 1 aliphatic heterocycles. The lowest BCUT2D eigenvalue weighted by Gasteiger charge is -2.25. The van der Waals surface area contributed by atoms with Crippen molar-refractivity contribution in [2.75, 3.05) is 19.8 Å². The molecule has 0 spiro atoms.